The van der Waals surface area contributed by atoms with Crippen LogP contribution < -0.4 is 0 Å². The summed E-state index contributed by atoms with van der Waals surface area (Å²) in [6.45, 7) is 4.35. The third-order valence-electron chi connectivity index (χ3n) is 1.37. The standard InChI is InChI=1S/C8H14O/c1-4-5-8(2,3)6-7-9/h1,9H,5-7H2,2-3H3. The van der Waals surface area contributed by atoms with Crippen LogP contribution in [0.4, 0.5) is 0 Å². The molecule has 0 aromatic carbocycles. The third kappa shape index (κ3) is 4.05. The molecular formula is C8H14O. The normalized spacial score (nSPS) is 10.9. The van der Waals surface area contributed by atoms with E-state index in [1.807, 2.05) is 0 Å². The van der Waals surface area contributed by atoms with Gasteiger partial charge in [0.1, 0.15) is 0 Å². The number of terminal acetylenes is 1. The molecule has 0 atom stereocenters. The van der Waals surface area contributed by atoms with E-state index in [9.17, 15) is 0 Å². The molecule has 1 heteroatoms. The number of rotatable bonds is 3. The second-order valence-electron chi connectivity index (χ2n) is 3.02. The average molecular weight is 126 g/mol. The molecule has 0 radical (unpaired) electrons. The predicted molar refractivity (Wildman–Crippen MR) is 38.9 cm³/mol. The molecular weight excluding hydrogens is 112 g/mol. The highest BCUT2D eigenvalue weighted by Gasteiger charge is 2.14. The summed E-state index contributed by atoms with van der Waals surface area (Å²) < 4.78 is 0. The molecule has 0 spiro atoms. The summed E-state index contributed by atoms with van der Waals surface area (Å²) in [5.41, 5.74) is 0.115. The first-order valence-corrected chi connectivity index (χ1v) is 3.17. The molecule has 9 heavy (non-hydrogen) atoms. The molecule has 1 nitrogen and oxygen atoms in total. The maximum atomic E-state index is 8.56. The minimum absolute atomic E-state index is 0.115. The van der Waals surface area contributed by atoms with E-state index in [0.717, 1.165) is 12.8 Å². The molecule has 0 aliphatic heterocycles. The Balaban J connectivity index is 3.59. The summed E-state index contributed by atoms with van der Waals surface area (Å²) in [7, 11) is 0. The predicted octanol–water partition coefficient (Wildman–Crippen LogP) is 1.42. The SMILES string of the molecule is C#CCC(C)(C)CCO. The Hall–Kier alpha value is -0.480. The van der Waals surface area contributed by atoms with Crippen molar-refractivity contribution in [2.45, 2.75) is 26.7 Å². The van der Waals surface area contributed by atoms with E-state index >= 15 is 0 Å². The van der Waals surface area contributed by atoms with Crippen LogP contribution in [0.5, 0.6) is 0 Å². The number of aliphatic hydroxyl groups excluding tert-OH is 1. The van der Waals surface area contributed by atoms with Gasteiger partial charge in [0.15, 0.2) is 0 Å². The Morgan fingerprint density at radius 2 is 2.11 bits per heavy atom. The van der Waals surface area contributed by atoms with Gasteiger partial charge in [-0.15, -0.1) is 12.3 Å². The lowest BCUT2D eigenvalue weighted by molar-refractivity contribution is 0.215. The van der Waals surface area contributed by atoms with E-state index in [1.54, 1.807) is 0 Å². The van der Waals surface area contributed by atoms with Crippen LogP contribution in [-0.2, 0) is 0 Å². The van der Waals surface area contributed by atoms with Gasteiger partial charge in [-0.2, -0.15) is 0 Å². The monoisotopic (exact) mass is 126 g/mol. The van der Waals surface area contributed by atoms with Gasteiger partial charge < -0.3 is 5.11 Å². The largest absolute Gasteiger partial charge is 0.396 e. The second kappa shape index (κ2) is 3.53. The van der Waals surface area contributed by atoms with E-state index in [2.05, 4.69) is 19.8 Å². The summed E-state index contributed by atoms with van der Waals surface area (Å²) >= 11 is 0. The van der Waals surface area contributed by atoms with Crippen molar-refractivity contribution in [1.29, 1.82) is 0 Å². The van der Waals surface area contributed by atoms with Crippen LogP contribution in [-0.4, -0.2) is 11.7 Å². The summed E-state index contributed by atoms with van der Waals surface area (Å²) in [5, 5.41) is 8.56. The van der Waals surface area contributed by atoms with Crippen molar-refractivity contribution in [3.8, 4) is 12.3 Å². The van der Waals surface area contributed by atoms with Gasteiger partial charge in [0.25, 0.3) is 0 Å². The van der Waals surface area contributed by atoms with Gasteiger partial charge in [0.2, 0.25) is 0 Å². The molecule has 0 unspecified atom stereocenters. The van der Waals surface area contributed by atoms with E-state index in [1.165, 1.54) is 0 Å². The smallest absolute Gasteiger partial charge is 0.0436 e. The zero-order valence-electron chi connectivity index (χ0n) is 6.15. The Labute approximate surface area is 57.1 Å². The second-order valence-corrected chi connectivity index (χ2v) is 3.02. The van der Waals surface area contributed by atoms with Crippen molar-refractivity contribution in [2.75, 3.05) is 6.61 Å². The maximum absolute atomic E-state index is 8.56. The lowest BCUT2D eigenvalue weighted by Crippen LogP contribution is -2.11. The Bertz CT molecular complexity index is 108. The van der Waals surface area contributed by atoms with Crippen molar-refractivity contribution < 1.29 is 5.11 Å². The molecule has 0 amide bonds. The van der Waals surface area contributed by atoms with Crippen molar-refractivity contribution in [3.05, 3.63) is 0 Å². The fourth-order valence-corrected chi connectivity index (χ4v) is 0.667. The van der Waals surface area contributed by atoms with Crippen LogP contribution in [0.3, 0.4) is 0 Å². The number of hydrogen-bond donors (Lipinski definition) is 1. The molecule has 52 valence electrons. The van der Waals surface area contributed by atoms with E-state index < -0.39 is 0 Å². The summed E-state index contributed by atoms with van der Waals surface area (Å²) in [6, 6.07) is 0. The van der Waals surface area contributed by atoms with Crippen molar-refractivity contribution in [1.82, 2.24) is 0 Å². The highest BCUT2D eigenvalue weighted by atomic mass is 16.3. The van der Waals surface area contributed by atoms with Crippen LogP contribution in [0.25, 0.3) is 0 Å². The van der Waals surface area contributed by atoms with Crippen molar-refractivity contribution in [3.63, 3.8) is 0 Å². The summed E-state index contributed by atoms with van der Waals surface area (Å²) in [4.78, 5) is 0. The minimum Gasteiger partial charge on any atom is -0.396 e. The van der Waals surface area contributed by atoms with Crippen molar-refractivity contribution >= 4 is 0 Å². The fraction of sp³-hybridized carbons (Fsp3) is 0.750. The van der Waals surface area contributed by atoms with Gasteiger partial charge >= 0.3 is 0 Å². The average Bonchev–Trinajstić information content (AvgIpc) is 1.64. The van der Waals surface area contributed by atoms with Gasteiger partial charge in [-0.05, 0) is 11.8 Å². The van der Waals surface area contributed by atoms with E-state index in [0.29, 0.717) is 0 Å². The molecule has 0 aromatic rings. The quantitative estimate of drug-likeness (QED) is 0.567. The summed E-state index contributed by atoms with van der Waals surface area (Å²) in [5.74, 6) is 2.58. The minimum atomic E-state index is 0.115. The topological polar surface area (TPSA) is 20.2 Å². The first kappa shape index (κ1) is 8.52. The van der Waals surface area contributed by atoms with Gasteiger partial charge in [0.05, 0.1) is 0 Å². The highest BCUT2D eigenvalue weighted by molar-refractivity contribution is 4.90. The lowest BCUT2D eigenvalue weighted by Gasteiger charge is -2.19. The summed E-state index contributed by atoms with van der Waals surface area (Å²) in [6.07, 6.45) is 6.65. The van der Waals surface area contributed by atoms with Gasteiger partial charge in [-0.1, -0.05) is 13.8 Å². The first-order chi connectivity index (χ1) is 4.12. The molecule has 0 heterocycles. The molecule has 0 saturated heterocycles. The van der Waals surface area contributed by atoms with Gasteiger partial charge in [-0.3, -0.25) is 0 Å². The molecule has 0 fully saturated rings. The fourth-order valence-electron chi connectivity index (χ4n) is 0.667. The zero-order valence-corrected chi connectivity index (χ0v) is 6.15. The van der Waals surface area contributed by atoms with Crippen LogP contribution in [0, 0.1) is 17.8 Å². The lowest BCUT2D eigenvalue weighted by atomic mass is 9.86. The Morgan fingerprint density at radius 1 is 1.56 bits per heavy atom. The molecule has 0 bridgehead atoms. The van der Waals surface area contributed by atoms with Gasteiger partial charge in [-0.25, -0.2) is 0 Å². The highest BCUT2D eigenvalue weighted by Crippen LogP contribution is 2.22. The number of hydrogen-bond acceptors (Lipinski definition) is 1. The first-order valence-electron chi connectivity index (χ1n) is 3.17. The molecule has 0 aliphatic carbocycles. The van der Waals surface area contributed by atoms with Crippen LogP contribution in [0.1, 0.15) is 26.7 Å². The van der Waals surface area contributed by atoms with Gasteiger partial charge in [0, 0.05) is 13.0 Å². The van der Waals surface area contributed by atoms with Crippen LogP contribution in [0.2, 0.25) is 0 Å². The van der Waals surface area contributed by atoms with E-state index in [4.69, 9.17) is 11.5 Å². The van der Waals surface area contributed by atoms with Crippen LogP contribution in [0.15, 0.2) is 0 Å². The molecule has 1 N–H and O–H groups in total. The van der Waals surface area contributed by atoms with E-state index in [-0.39, 0.29) is 12.0 Å². The van der Waals surface area contributed by atoms with Crippen LogP contribution >= 0.6 is 0 Å². The molecule has 0 aromatic heterocycles. The third-order valence-corrected chi connectivity index (χ3v) is 1.37. The van der Waals surface area contributed by atoms with Crippen molar-refractivity contribution in [2.24, 2.45) is 5.41 Å². The molecule has 0 aliphatic rings. The number of aliphatic hydroxyl groups is 1. The molecule has 0 rings (SSSR count). The Morgan fingerprint density at radius 3 is 2.44 bits per heavy atom. The molecule has 0 saturated carbocycles. The zero-order chi connectivity index (χ0) is 7.33. The Kier molecular flexibility index (Phi) is 3.34. The maximum Gasteiger partial charge on any atom is 0.0436 e.